The minimum absolute atomic E-state index is 0.00125. The third kappa shape index (κ3) is 3.77. The molecule has 0 radical (unpaired) electrons. The molecule has 1 N–H and O–H groups in total. The molecule has 10 nitrogen and oxygen atoms in total. The van der Waals surface area contributed by atoms with E-state index in [2.05, 4.69) is 0 Å². The molecule has 1 aliphatic heterocycles. The summed E-state index contributed by atoms with van der Waals surface area (Å²) in [7, 11) is 5.55. The topological polar surface area (TPSA) is 119 Å². The number of carbonyl (C=O) groups excluding carboxylic acids is 1. The molecule has 0 spiro atoms. The maximum Gasteiger partial charge on any atom is 0.340 e. The van der Waals surface area contributed by atoms with Crippen LogP contribution in [-0.4, -0.2) is 59.1 Å². The van der Waals surface area contributed by atoms with E-state index in [-0.39, 0.29) is 30.5 Å². The van der Waals surface area contributed by atoms with E-state index in [4.69, 9.17) is 33.2 Å². The first-order valence-corrected chi connectivity index (χ1v) is 10.0. The lowest BCUT2D eigenvalue weighted by Gasteiger charge is -2.20. The highest BCUT2D eigenvalue weighted by molar-refractivity contribution is 6.18. The first-order chi connectivity index (χ1) is 16.4. The summed E-state index contributed by atoms with van der Waals surface area (Å²) in [6.45, 7) is -0.249. The van der Waals surface area contributed by atoms with Gasteiger partial charge in [-0.2, -0.15) is 0 Å². The van der Waals surface area contributed by atoms with Crippen molar-refractivity contribution in [2.24, 2.45) is 0 Å². The lowest BCUT2D eigenvalue weighted by Crippen LogP contribution is -2.16. The molecule has 10 heteroatoms. The molecular formula is C24H22O10. The number of hydrogen-bond acceptors (Lipinski definition) is 9. The first kappa shape index (κ1) is 23.0. The van der Waals surface area contributed by atoms with Crippen LogP contribution in [0.3, 0.4) is 0 Å². The monoisotopic (exact) mass is 470 g/mol. The van der Waals surface area contributed by atoms with E-state index < -0.39 is 11.9 Å². The van der Waals surface area contributed by atoms with Crippen LogP contribution in [0.4, 0.5) is 0 Å². The summed E-state index contributed by atoms with van der Waals surface area (Å²) in [5.74, 6) is -0.599. The van der Waals surface area contributed by atoms with Gasteiger partial charge < -0.3 is 38.3 Å². The normalized spacial score (nSPS) is 11.9. The number of fused-ring (bicyclic) bond motifs is 2. The van der Waals surface area contributed by atoms with Gasteiger partial charge in [0.05, 0.1) is 26.9 Å². The summed E-state index contributed by atoms with van der Waals surface area (Å²) >= 11 is 0. The Morgan fingerprint density at radius 1 is 0.912 bits per heavy atom. The zero-order valence-electron chi connectivity index (χ0n) is 18.9. The summed E-state index contributed by atoms with van der Waals surface area (Å²) < 4.78 is 37.4. The number of methoxy groups -OCH3 is 4. The van der Waals surface area contributed by atoms with Gasteiger partial charge in [0.2, 0.25) is 6.79 Å². The number of hydrogen-bond donors (Lipinski definition) is 1. The summed E-state index contributed by atoms with van der Waals surface area (Å²) in [5, 5.41) is 11.0. The maximum atomic E-state index is 13.0. The molecule has 3 aromatic rings. The van der Waals surface area contributed by atoms with Gasteiger partial charge in [-0.25, -0.2) is 9.59 Å². The van der Waals surface area contributed by atoms with Crippen LogP contribution in [0.2, 0.25) is 0 Å². The number of esters is 1. The Morgan fingerprint density at radius 2 is 1.59 bits per heavy atom. The average Bonchev–Trinajstić information content (AvgIpc) is 3.31. The first-order valence-electron chi connectivity index (χ1n) is 10.0. The van der Waals surface area contributed by atoms with Crippen molar-refractivity contribution in [3.63, 3.8) is 0 Å². The third-order valence-corrected chi connectivity index (χ3v) is 5.35. The van der Waals surface area contributed by atoms with E-state index in [0.29, 0.717) is 44.9 Å². The van der Waals surface area contributed by atoms with Gasteiger partial charge in [-0.05, 0) is 35.2 Å². The van der Waals surface area contributed by atoms with Crippen molar-refractivity contribution >= 4 is 22.7 Å². The van der Waals surface area contributed by atoms with Crippen LogP contribution in [0, 0.1) is 0 Å². The molecule has 0 saturated heterocycles. The summed E-state index contributed by atoms with van der Waals surface area (Å²) in [6.07, 6.45) is 0. The SMILES string of the molecule is COCOc1c(C(=O)O)c(C(=O)OC)c(-c2ccc(OC)c(OC)c2)c2cc3c(cc12)OCO3. The van der Waals surface area contributed by atoms with Gasteiger partial charge in [-0.3, -0.25) is 0 Å². The van der Waals surface area contributed by atoms with Crippen LogP contribution in [0.5, 0.6) is 28.7 Å². The fraction of sp³-hybridized carbons (Fsp3) is 0.250. The molecule has 1 heterocycles. The smallest absolute Gasteiger partial charge is 0.340 e. The van der Waals surface area contributed by atoms with Crippen LogP contribution < -0.4 is 23.7 Å². The van der Waals surface area contributed by atoms with Crippen LogP contribution in [0.1, 0.15) is 20.7 Å². The molecule has 0 amide bonds. The number of aromatic carboxylic acids is 1. The van der Waals surface area contributed by atoms with Crippen molar-refractivity contribution in [3.8, 4) is 39.9 Å². The molecule has 0 fully saturated rings. The molecule has 4 rings (SSSR count). The Bertz CT molecular complexity index is 1280. The van der Waals surface area contributed by atoms with Gasteiger partial charge in [0.15, 0.2) is 29.8 Å². The lowest BCUT2D eigenvalue weighted by atomic mass is 9.88. The number of ether oxygens (including phenoxy) is 7. The highest BCUT2D eigenvalue weighted by Gasteiger charge is 2.32. The molecule has 34 heavy (non-hydrogen) atoms. The van der Waals surface area contributed by atoms with E-state index in [0.717, 1.165) is 0 Å². The van der Waals surface area contributed by atoms with E-state index in [1.54, 1.807) is 30.3 Å². The average molecular weight is 470 g/mol. The molecule has 3 aromatic carbocycles. The highest BCUT2D eigenvalue weighted by atomic mass is 16.7. The Labute approximate surface area is 194 Å². The highest BCUT2D eigenvalue weighted by Crippen LogP contribution is 2.48. The predicted octanol–water partition coefficient (Wildman–Crippen LogP) is 3.72. The zero-order chi connectivity index (χ0) is 24.4. The van der Waals surface area contributed by atoms with Crippen LogP contribution in [0.15, 0.2) is 30.3 Å². The predicted molar refractivity (Wildman–Crippen MR) is 119 cm³/mol. The summed E-state index contributed by atoms with van der Waals surface area (Å²) in [5.41, 5.74) is 0.214. The molecule has 0 aromatic heterocycles. The second kappa shape index (κ2) is 9.36. The van der Waals surface area contributed by atoms with Crippen LogP contribution >= 0.6 is 0 Å². The number of benzene rings is 3. The van der Waals surface area contributed by atoms with Crippen molar-refractivity contribution in [1.82, 2.24) is 0 Å². The fourth-order valence-corrected chi connectivity index (χ4v) is 3.91. The van der Waals surface area contributed by atoms with E-state index in [9.17, 15) is 14.7 Å². The van der Waals surface area contributed by atoms with Crippen molar-refractivity contribution in [1.29, 1.82) is 0 Å². The van der Waals surface area contributed by atoms with Crippen molar-refractivity contribution in [2.75, 3.05) is 42.0 Å². The van der Waals surface area contributed by atoms with E-state index in [1.807, 2.05) is 0 Å². The van der Waals surface area contributed by atoms with Crippen molar-refractivity contribution in [3.05, 3.63) is 41.5 Å². The second-order valence-electron chi connectivity index (χ2n) is 7.12. The molecule has 0 unspecified atom stereocenters. The van der Waals surface area contributed by atoms with Gasteiger partial charge in [0.25, 0.3) is 0 Å². The quantitative estimate of drug-likeness (QED) is 0.385. The van der Waals surface area contributed by atoms with Crippen LogP contribution in [-0.2, 0) is 9.47 Å². The van der Waals surface area contributed by atoms with E-state index >= 15 is 0 Å². The minimum Gasteiger partial charge on any atom is -0.493 e. The van der Waals surface area contributed by atoms with Gasteiger partial charge in [0.1, 0.15) is 11.3 Å². The number of rotatable bonds is 8. The summed E-state index contributed by atoms with van der Waals surface area (Å²) in [6, 6.07) is 8.27. The minimum atomic E-state index is -1.38. The van der Waals surface area contributed by atoms with Gasteiger partial charge >= 0.3 is 11.9 Å². The number of carbonyl (C=O) groups is 2. The standard InChI is InChI=1S/C24H22O10/c1-28-10-34-22-14-9-18-17(32-11-33-18)8-13(14)19(20(24(27)31-4)21(22)23(25)26)12-5-6-15(29-2)16(7-12)30-3/h5-9H,10-11H2,1-4H3,(H,25,26). The number of carboxylic acid groups (broad SMARTS) is 1. The molecule has 1 aliphatic rings. The fourth-order valence-electron chi connectivity index (χ4n) is 3.91. The molecule has 0 bridgehead atoms. The molecule has 0 atom stereocenters. The third-order valence-electron chi connectivity index (χ3n) is 5.35. The Kier molecular flexibility index (Phi) is 6.33. The van der Waals surface area contributed by atoms with Gasteiger partial charge in [-0.1, -0.05) is 6.07 Å². The summed E-state index contributed by atoms with van der Waals surface area (Å²) in [4.78, 5) is 25.5. The Balaban J connectivity index is 2.19. The van der Waals surface area contributed by atoms with Crippen molar-refractivity contribution in [2.45, 2.75) is 0 Å². The molecular weight excluding hydrogens is 448 g/mol. The van der Waals surface area contributed by atoms with E-state index in [1.165, 1.54) is 28.4 Å². The van der Waals surface area contributed by atoms with Crippen LogP contribution in [0.25, 0.3) is 21.9 Å². The maximum absolute atomic E-state index is 13.0. The van der Waals surface area contributed by atoms with Gasteiger partial charge in [0, 0.05) is 18.1 Å². The lowest BCUT2D eigenvalue weighted by molar-refractivity contribution is 0.0480. The second-order valence-corrected chi connectivity index (χ2v) is 7.12. The Morgan fingerprint density at radius 3 is 2.18 bits per heavy atom. The zero-order valence-corrected chi connectivity index (χ0v) is 18.9. The van der Waals surface area contributed by atoms with Crippen molar-refractivity contribution < 1.29 is 47.9 Å². The number of carboxylic acids is 1. The molecule has 178 valence electrons. The largest absolute Gasteiger partial charge is 0.493 e. The molecule has 0 saturated carbocycles. The molecule has 0 aliphatic carbocycles. The Hall–Kier alpha value is -4.18. The van der Waals surface area contributed by atoms with Gasteiger partial charge in [-0.15, -0.1) is 0 Å².